The highest BCUT2D eigenvalue weighted by Crippen LogP contribution is 2.33. The molecule has 0 saturated carbocycles. The summed E-state index contributed by atoms with van der Waals surface area (Å²) in [6, 6.07) is 13.1. The Labute approximate surface area is 163 Å². The third-order valence-electron chi connectivity index (χ3n) is 5.47. The minimum atomic E-state index is -0.513. The summed E-state index contributed by atoms with van der Waals surface area (Å²) in [7, 11) is 0. The van der Waals surface area contributed by atoms with Crippen molar-refractivity contribution in [1.82, 2.24) is 10.2 Å². The van der Waals surface area contributed by atoms with Crippen molar-refractivity contribution in [3.05, 3.63) is 64.2 Å². The molecule has 2 amide bonds. The van der Waals surface area contributed by atoms with Gasteiger partial charge in [-0.2, -0.15) is 0 Å². The van der Waals surface area contributed by atoms with Crippen LogP contribution in [0.4, 0.5) is 5.69 Å². The van der Waals surface area contributed by atoms with Crippen LogP contribution in [-0.2, 0) is 6.42 Å². The van der Waals surface area contributed by atoms with E-state index in [2.05, 4.69) is 17.6 Å². The van der Waals surface area contributed by atoms with E-state index in [1.54, 1.807) is 12.1 Å². The molecular formula is C21H22ClN3O2. The van der Waals surface area contributed by atoms with Gasteiger partial charge < -0.3 is 15.5 Å². The molecule has 4 rings (SSSR count). The predicted octanol–water partition coefficient (Wildman–Crippen LogP) is 3.69. The van der Waals surface area contributed by atoms with Crippen molar-refractivity contribution >= 4 is 29.1 Å². The normalized spacial score (nSPS) is 17.9. The van der Waals surface area contributed by atoms with Gasteiger partial charge in [0.1, 0.15) is 5.66 Å². The van der Waals surface area contributed by atoms with Crippen molar-refractivity contribution in [2.45, 2.75) is 31.8 Å². The highest BCUT2D eigenvalue weighted by atomic mass is 35.5. The Morgan fingerprint density at radius 2 is 1.81 bits per heavy atom. The molecule has 2 heterocycles. The molecule has 2 N–H and O–H groups in total. The van der Waals surface area contributed by atoms with Gasteiger partial charge in [0.05, 0.1) is 5.56 Å². The van der Waals surface area contributed by atoms with Crippen molar-refractivity contribution in [2.75, 3.05) is 18.4 Å². The third-order valence-corrected chi connectivity index (χ3v) is 5.70. The first-order valence-corrected chi connectivity index (χ1v) is 9.66. The fourth-order valence-corrected chi connectivity index (χ4v) is 3.97. The van der Waals surface area contributed by atoms with Crippen LogP contribution in [0.3, 0.4) is 0 Å². The fourth-order valence-electron chi connectivity index (χ4n) is 3.79. The molecule has 0 atom stereocenters. The van der Waals surface area contributed by atoms with E-state index in [1.165, 1.54) is 5.56 Å². The summed E-state index contributed by atoms with van der Waals surface area (Å²) in [5, 5.41) is 7.08. The lowest BCUT2D eigenvalue weighted by atomic mass is 9.92. The molecule has 1 fully saturated rings. The van der Waals surface area contributed by atoms with Gasteiger partial charge >= 0.3 is 0 Å². The number of carbonyl (C=O) groups excluding carboxylic acids is 2. The van der Waals surface area contributed by atoms with E-state index >= 15 is 0 Å². The van der Waals surface area contributed by atoms with Crippen LogP contribution in [0.5, 0.6) is 0 Å². The van der Waals surface area contributed by atoms with Crippen LogP contribution in [0.2, 0.25) is 5.02 Å². The molecule has 0 bridgehead atoms. The number of benzene rings is 2. The molecule has 0 aliphatic carbocycles. The summed E-state index contributed by atoms with van der Waals surface area (Å²) in [5.74, 6) is -0.0806. The Hall–Kier alpha value is -2.53. The molecule has 1 saturated heterocycles. The van der Waals surface area contributed by atoms with E-state index in [9.17, 15) is 9.59 Å². The van der Waals surface area contributed by atoms with Gasteiger partial charge in [0.2, 0.25) is 0 Å². The van der Waals surface area contributed by atoms with Crippen molar-refractivity contribution in [2.24, 2.45) is 0 Å². The summed E-state index contributed by atoms with van der Waals surface area (Å²) >= 11 is 6.00. The van der Waals surface area contributed by atoms with E-state index in [0.29, 0.717) is 42.1 Å². The van der Waals surface area contributed by atoms with Crippen LogP contribution in [0.25, 0.3) is 0 Å². The van der Waals surface area contributed by atoms with Gasteiger partial charge in [-0.25, -0.2) is 0 Å². The zero-order valence-corrected chi connectivity index (χ0v) is 16.0. The molecule has 0 radical (unpaired) electrons. The molecule has 2 aliphatic rings. The Bertz CT molecular complexity index is 887. The Morgan fingerprint density at radius 3 is 2.48 bits per heavy atom. The number of hydrogen-bond donors (Lipinski definition) is 2. The average molecular weight is 384 g/mol. The van der Waals surface area contributed by atoms with E-state index in [1.807, 2.05) is 35.2 Å². The predicted molar refractivity (Wildman–Crippen MR) is 106 cm³/mol. The summed E-state index contributed by atoms with van der Waals surface area (Å²) in [5.41, 5.74) is 2.77. The quantitative estimate of drug-likeness (QED) is 0.831. The maximum Gasteiger partial charge on any atom is 0.255 e. The number of rotatable bonds is 2. The first-order valence-electron chi connectivity index (χ1n) is 9.28. The number of carbonyl (C=O) groups is 2. The number of nitrogens with one attached hydrogen (secondary N) is 2. The van der Waals surface area contributed by atoms with Crippen LogP contribution in [0, 0.1) is 0 Å². The number of piperidine rings is 1. The van der Waals surface area contributed by atoms with Gasteiger partial charge in [0.15, 0.2) is 0 Å². The molecular weight excluding hydrogens is 362 g/mol. The van der Waals surface area contributed by atoms with Gasteiger partial charge in [-0.15, -0.1) is 0 Å². The Morgan fingerprint density at radius 1 is 1.11 bits per heavy atom. The van der Waals surface area contributed by atoms with Gasteiger partial charge in [-0.3, -0.25) is 9.59 Å². The SMILES string of the molecule is CCc1ccc(C(=O)N2CCC3(CC2)NC(=O)c2cc(Cl)ccc2N3)cc1. The summed E-state index contributed by atoms with van der Waals surface area (Å²) in [6.45, 7) is 3.27. The van der Waals surface area contributed by atoms with Gasteiger partial charge in [-0.1, -0.05) is 30.7 Å². The van der Waals surface area contributed by atoms with E-state index < -0.39 is 5.66 Å². The second-order valence-corrected chi connectivity index (χ2v) is 7.63. The lowest BCUT2D eigenvalue weighted by Crippen LogP contribution is -2.62. The molecule has 27 heavy (non-hydrogen) atoms. The topological polar surface area (TPSA) is 61.4 Å². The Balaban J connectivity index is 1.46. The number of aryl methyl sites for hydroxylation is 1. The minimum absolute atomic E-state index is 0.0434. The molecule has 140 valence electrons. The van der Waals surface area contributed by atoms with Crippen LogP contribution < -0.4 is 10.6 Å². The minimum Gasteiger partial charge on any atom is -0.362 e. The van der Waals surface area contributed by atoms with Crippen molar-refractivity contribution in [3.8, 4) is 0 Å². The second kappa shape index (κ2) is 6.89. The number of halogens is 1. The van der Waals surface area contributed by atoms with E-state index in [0.717, 1.165) is 12.1 Å². The fraction of sp³-hybridized carbons (Fsp3) is 0.333. The van der Waals surface area contributed by atoms with E-state index in [-0.39, 0.29) is 11.8 Å². The monoisotopic (exact) mass is 383 g/mol. The highest BCUT2D eigenvalue weighted by molar-refractivity contribution is 6.31. The third kappa shape index (κ3) is 3.39. The van der Waals surface area contributed by atoms with Crippen LogP contribution in [-0.4, -0.2) is 35.5 Å². The first-order chi connectivity index (χ1) is 13.0. The standard InChI is InChI=1S/C21H22ClN3O2/c1-2-14-3-5-15(6-4-14)20(27)25-11-9-21(10-12-25)23-18-8-7-16(22)13-17(18)19(26)24-21/h3-8,13,23H,2,9-12H2,1H3,(H,24,26). The van der Waals surface area contributed by atoms with Crippen LogP contribution in [0.1, 0.15) is 46.0 Å². The van der Waals surface area contributed by atoms with Crippen LogP contribution in [0.15, 0.2) is 42.5 Å². The van der Waals surface area contributed by atoms with Gasteiger partial charge in [0, 0.05) is 42.2 Å². The lowest BCUT2D eigenvalue weighted by Gasteiger charge is -2.46. The number of hydrogen-bond acceptors (Lipinski definition) is 3. The number of fused-ring (bicyclic) bond motifs is 1. The molecule has 6 heteroatoms. The van der Waals surface area contributed by atoms with Gasteiger partial charge in [-0.05, 0) is 42.3 Å². The number of likely N-dealkylation sites (tertiary alicyclic amines) is 1. The summed E-state index contributed by atoms with van der Waals surface area (Å²) < 4.78 is 0. The number of nitrogens with zero attached hydrogens (tertiary/aromatic N) is 1. The largest absolute Gasteiger partial charge is 0.362 e. The first kappa shape index (κ1) is 17.9. The molecule has 5 nitrogen and oxygen atoms in total. The molecule has 0 aromatic heterocycles. The maximum absolute atomic E-state index is 12.8. The zero-order valence-electron chi connectivity index (χ0n) is 15.2. The summed E-state index contributed by atoms with van der Waals surface area (Å²) in [4.78, 5) is 27.2. The average Bonchev–Trinajstić information content (AvgIpc) is 2.69. The second-order valence-electron chi connectivity index (χ2n) is 7.19. The highest BCUT2D eigenvalue weighted by Gasteiger charge is 2.41. The number of anilines is 1. The smallest absolute Gasteiger partial charge is 0.255 e. The maximum atomic E-state index is 12.8. The molecule has 2 aromatic carbocycles. The van der Waals surface area contributed by atoms with Gasteiger partial charge in [0.25, 0.3) is 11.8 Å². The zero-order chi connectivity index (χ0) is 19.0. The molecule has 0 unspecified atom stereocenters. The number of amides is 2. The molecule has 1 spiro atoms. The summed E-state index contributed by atoms with van der Waals surface area (Å²) in [6.07, 6.45) is 2.26. The molecule has 2 aliphatic heterocycles. The lowest BCUT2D eigenvalue weighted by molar-refractivity contribution is 0.0639. The van der Waals surface area contributed by atoms with Crippen molar-refractivity contribution in [3.63, 3.8) is 0 Å². The van der Waals surface area contributed by atoms with E-state index in [4.69, 9.17) is 11.6 Å². The molecule has 2 aromatic rings. The van der Waals surface area contributed by atoms with Crippen molar-refractivity contribution < 1.29 is 9.59 Å². The van der Waals surface area contributed by atoms with Crippen LogP contribution >= 0.6 is 11.6 Å². The van der Waals surface area contributed by atoms with Crippen molar-refractivity contribution in [1.29, 1.82) is 0 Å². The Kier molecular flexibility index (Phi) is 4.56.